The number of anilines is 1. The minimum absolute atomic E-state index is 0.196. The molecule has 1 aromatic rings. The highest BCUT2D eigenvalue weighted by Crippen LogP contribution is 2.29. The first-order valence-electron chi connectivity index (χ1n) is 9.08. The van der Waals surface area contributed by atoms with Crippen LogP contribution in [0.4, 0.5) is 10.6 Å². The van der Waals surface area contributed by atoms with Crippen LogP contribution < -0.4 is 10.6 Å². The van der Waals surface area contributed by atoms with E-state index in [0.29, 0.717) is 13.1 Å². The fraction of sp³-hybridized carbons (Fsp3) is 0.722. The fourth-order valence-corrected chi connectivity index (χ4v) is 3.48. The Morgan fingerprint density at radius 1 is 1.28 bits per heavy atom. The number of aryl methyl sites for hydroxylation is 1. The van der Waals surface area contributed by atoms with E-state index >= 15 is 0 Å². The van der Waals surface area contributed by atoms with Crippen LogP contribution in [-0.2, 0) is 17.7 Å². The summed E-state index contributed by atoms with van der Waals surface area (Å²) in [6, 6.07) is 0.196. The summed E-state index contributed by atoms with van der Waals surface area (Å²) in [7, 11) is 0. The van der Waals surface area contributed by atoms with Crippen LogP contribution in [0.25, 0.3) is 0 Å². The van der Waals surface area contributed by atoms with Crippen molar-refractivity contribution in [1.29, 1.82) is 0 Å². The Bertz CT molecular complexity index is 656. The lowest BCUT2D eigenvalue weighted by molar-refractivity contribution is 0.0220. The monoisotopic (exact) mass is 347 g/mol. The highest BCUT2D eigenvalue weighted by Gasteiger charge is 2.30. The molecule has 1 saturated heterocycles. The van der Waals surface area contributed by atoms with E-state index in [1.165, 1.54) is 0 Å². The van der Waals surface area contributed by atoms with Gasteiger partial charge in [-0.25, -0.2) is 14.8 Å². The quantitative estimate of drug-likeness (QED) is 0.836. The second kappa shape index (κ2) is 6.78. The molecule has 0 radical (unpaired) electrons. The standard InChI is InChI=1S/C18H29N5O2/c1-12-20-15-11-23(17(24)25-18(2,3)4)9-7-14(15)16(21-12)22-8-5-6-13(19)10-22/h13H,5-11,19H2,1-4H3/t13-/m1/s1. The van der Waals surface area contributed by atoms with Crippen LogP contribution in [0.5, 0.6) is 0 Å². The Kier molecular flexibility index (Phi) is 4.86. The molecule has 0 bridgehead atoms. The lowest BCUT2D eigenvalue weighted by Crippen LogP contribution is -2.45. The number of hydrogen-bond donors (Lipinski definition) is 1. The predicted octanol–water partition coefficient (Wildman–Crippen LogP) is 2.01. The van der Waals surface area contributed by atoms with Gasteiger partial charge in [-0.05, 0) is 47.0 Å². The van der Waals surface area contributed by atoms with Crippen molar-refractivity contribution in [2.24, 2.45) is 5.73 Å². The molecule has 0 aliphatic carbocycles. The van der Waals surface area contributed by atoms with Crippen LogP contribution >= 0.6 is 0 Å². The second-order valence-corrected chi connectivity index (χ2v) is 8.02. The van der Waals surface area contributed by atoms with Crippen LogP contribution in [0.15, 0.2) is 0 Å². The minimum Gasteiger partial charge on any atom is -0.444 e. The number of rotatable bonds is 1. The predicted molar refractivity (Wildman–Crippen MR) is 96.5 cm³/mol. The molecule has 25 heavy (non-hydrogen) atoms. The number of carbonyl (C=O) groups is 1. The van der Waals surface area contributed by atoms with E-state index in [1.807, 2.05) is 27.7 Å². The molecule has 1 amide bonds. The van der Waals surface area contributed by atoms with Crippen LogP contribution in [-0.4, -0.2) is 52.2 Å². The van der Waals surface area contributed by atoms with E-state index < -0.39 is 5.60 Å². The first kappa shape index (κ1) is 17.9. The van der Waals surface area contributed by atoms with Crippen molar-refractivity contribution in [1.82, 2.24) is 14.9 Å². The van der Waals surface area contributed by atoms with E-state index in [0.717, 1.165) is 55.3 Å². The Labute approximate surface area is 149 Å². The number of hydrogen-bond acceptors (Lipinski definition) is 6. The Balaban J connectivity index is 1.82. The average molecular weight is 347 g/mol. The van der Waals surface area contributed by atoms with E-state index in [4.69, 9.17) is 15.5 Å². The van der Waals surface area contributed by atoms with E-state index in [9.17, 15) is 4.79 Å². The summed E-state index contributed by atoms with van der Waals surface area (Å²) < 4.78 is 5.50. The van der Waals surface area contributed by atoms with Crippen molar-refractivity contribution in [3.8, 4) is 0 Å². The molecule has 0 saturated carbocycles. The molecule has 1 fully saturated rings. The molecule has 0 spiro atoms. The van der Waals surface area contributed by atoms with Crippen molar-refractivity contribution in [2.75, 3.05) is 24.5 Å². The molecule has 1 aromatic heterocycles. The largest absolute Gasteiger partial charge is 0.444 e. The zero-order valence-electron chi connectivity index (χ0n) is 15.7. The maximum absolute atomic E-state index is 12.4. The number of amides is 1. The third kappa shape index (κ3) is 4.21. The van der Waals surface area contributed by atoms with Crippen molar-refractivity contribution >= 4 is 11.9 Å². The highest BCUT2D eigenvalue weighted by molar-refractivity contribution is 5.69. The van der Waals surface area contributed by atoms with Gasteiger partial charge in [0.15, 0.2) is 0 Å². The Hall–Kier alpha value is -1.89. The fourth-order valence-electron chi connectivity index (χ4n) is 3.48. The van der Waals surface area contributed by atoms with Gasteiger partial charge in [-0.15, -0.1) is 0 Å². The van der Waals surface area contributed by atoms with Gasteiger partial charge in [-0.3, -0.25) is 0 Å². The minimum atomic E-state index is -0.492. The van der Waals surface area contributed by atoms with Crippen molar-refractivity contribution in [3.05, 3.63) is 17.1 Å². The van der Waals surface area contributed by atoms with Gasteiger partial charge in [0.2, 0.25) is 0 Å². The van der Waals surface area contributed by atoms with E-state index in [2.05, 4.69) is 9.88 Å². The number of carbonyl (C=O) groups excluding carboxylic acids is 1. The van der Waals surface area contributed by atoms with Crippen molar-refractivity contribution < 1.29 is 9.53 Å². The number of aromatic nitrogens is 2. The normalized spacial score (nSPS) is 21.1. The summed E-state index contributed by atoms with van der Waals surface area (Å²) in [4.78, 5) is 25.7. The molecule has 7 nitrogen and oxygen atoms in total. The van der Waals surface area contributed by atoms with E-state index in [1.54, 1.807) is 4.90 Å². The SMILES string of the molecule is Cc1nc2c(c(N3CCC[C@@H](N)C3)n1)CCN(C(=O)OC(C)(C)C)C2. The third-order valence-corrected chi connectivity index (χ3v) is 4.56. The number of nitrogens with zero attached hydrogens (tertiary/aromatic N) is 4. The maximum Gasteiger partial charge on any atom is 0.410 e. The number of nitrogens with two attached hydrogens (primary N) is 1. The van der Waals surface area contributed by atoms with Gasteiger partial charge < -0.3 is 20.3 Å². The van der Waals surface area contributed by atoms with Crippen LogP contribution in [0.1, 0.15) is 50.7 Å². The molecular weight excluding hydrogens is 318 g/mol. The van der Waals surface area contributed by atoms with E-state index in [-0.39, 0.29) is 12.1 Å². The van der Waals surface area contributed by atoms with Crippen LogP contribution in [0.3, 0.4) is 0 Å². The number of ether oxygens (including phenoxy) is 1. The molecule has 138 valence electrons. The summed E-state index contributed by atoms with van der Waals surface area (Å²) in [5, 5.41) is 0. The van der Waals surface area contributed by atoms with Gasteiger partial charge in [-0.1, -0.05) is 0 Å². The van der Waals surface area contributed by atoms with Crippen LogP contribution in [0, 0.1) is 6.92 Å². The number of fused-ring (bicyclic) bond motifs is 1. The lowest BCUT2D eigenvalue weighted by atomic mass is 10.0. The molecule has 2 aliphatic rings. The van der Waals surface area contributed by atoms with Gasteiger partial charge in [-0.2, -0.15) is 0 Å². The zero-order valence-corrected chi connectivity index (χ0v) is 15.7. The summed E-state index contributed by atoms with van der Waals surface area (Å²) in [5.74, 6) is 1.74. The van der Waals surface area contributed by atoms with Gasteiger partial charge in [0, 0.05) is 31.2 Å². The molecule has 3 rings (SSSR count). The lowest BCUT2D eigenvalue weighted by Gasteiger charge is -2.36. The topological polar surface area (TPSA) is 84.6 Å². The van der Waals surface area contributed by atoms with Crippen molar-refractivity contribution in [3.63, 3.8) is 0 Å². The van der Waals surface area contributed by atoms with Gasteiger partial charge in [0.1, 0.15) is 17.2 Å². The van der Waals surface area contributed by atoms with Crippen molar-refractivity contribution in [2.45, 2.75) is 65.1 Å². The summed E-state index contributed by atoms with van der Waals surface area (Å²) in [5.41, 5.74) is 7.73. The maximum atomic E-state index is 12.4. The van der Waals surface area contributed by atoms with Gasteiger partial charge >= 0.3 is 6.09 Å². The summed E-state index contributed by atoms with van der Waals surface area (Å²) >= 11 is 0. The zero-order chi connectivity index (χ0) is 18.2. The Morgan fingerprint density at radius 3 is 2.72 bits per heavy atom. The third-order valence-electron chi connectivity index (χ3n) is 4.56. The molecule has 2 aliphatic heterocycles. The highest BCUT2D eigenvalue weighted by atomic mass is 16.6. The van der Waals surface area contributed by atoms with Gasteiger partial charge in [0.25, 0.3) is 0 Å². The summed E-state index contributed by atoms with van der Waals surface area (Å²) in [6.07, 6.45) is 2.62. The molecule has 1 atom stereocenters. The van der Waals surface area contributed by atoms with Crippen LogP contribution in [0.2, 0.25) is 0 Å². The molecular formula is C18H29N5O2. The first-order chi connectivity index (χ1) is 11.7. The first-order valence-corrected chi connectivity index (χ1v) is 9.08. The number of piperidine rings is 1. The molecule has 0 aromatic carbocycles. The molecule has 3 heterocycles. The second-order valence-electron chi connectivity index (χ2n) is 8.02. The molecule has 0 unspecified atom stereocenters. The molecule has 7 heteroatoms. The molecule has 2 N–H and O–H groups in total. The average Bonchev–Trinajstić information content (AvgIpc) is 2.51. The smallest absolute Gasteiger partial charge is 0.410 e. The van der Waals surface area contributed by atoms with Gasteiger partial charge in [0.05, 0.1) is 12.2 Å². The summed E-state index contributed by atoms with van der Waals surface area (Å²) in [6.45, 7) is 10.5. The Morgan fingerprint density at radius 2 is 2.04 bits per heavy atom.